The standard InChI is InChI=1S/C5H8O.Na.H2O4S.H2O.H/c1-3-5-6-4-2;;1-5(2,3)4;;/h3-4H,1-2,5H2;;(H2,1,2,3,4);1H2;/q;+1;;;-1. The molecule has 13 heavy (non-hydrogen) atoms. The fourth-order valence-electron chi connectivity index (χ4n) is 0.136. The molecule has 0 bridgehead atoms. The Morgan fingerprint density at radius 3 is 1.77 bits per heavy atom. The van der Waals surface area contributed by atoms with E-state index in [4.69, 9.17) is 17.5 Å². The predicted molar refractivity (Wildman–Crippen MR) is 45.2 cm³/mol. The Kier molecular flexibility index (Phi) is 26.1. The molecule has 0 aromatic heterocycles. The van der Waals surface area contributed by atoms with Crippen LogP contribution >= 0.6 is 0 Å². The van der Waals surface area contributed by atoms with Gasteiger partial charge in [-0.2, -0.15) is 8.42 Å². The van der Waals surface area contributed by atoms with E-state index in [1.165, 1.54) is 6.26 Å². The molecule has 0 fully saturated rings. The van der Waals surface area contributed by atoms with Crippen LogP contribution in [-0.2, 0) is 15.1 Å². The molecule has 0 amide bonds. The number of hydrogen-bond donors (Lipinski definition) is 2. The minimum atomic E-state index is -4.67. The number of hydrogen-bond acceptors (Lipinski definition) is 3. The average molecular weight is 224 g/mol. The Bertz CT molecular complexity index is 188. The van der Waals surface area contributed by atoms with E-state index in [9.17, 15) is 0 Å². The van der Waals surface area contributed by atoms with Gasteiger partial charge in [-0.15, -0.1) is 0 Å². The van der Waals surface area contributed by atoms with Gasteiger partial charge in [0.1, 0.15) is 6.61 Å². The van der Waals surface area contributed by atoms with E-state index < -0.39 is 10.4 Å². The SMILES string of the molecule is C=CCOC=C.O.O=S(=O)(O)O.[H-].[Na+]. The van der Waals surface area contributed by atoms with Crippen LogP contribution < -0.4 is 29.6 Å². The summed E-state index contributed by atoms with van der Waals surface area (Å²) in [5.41, 5.74) is 0. The zero-order valence-electron chi connectivity index (χ0n) is 8.30. The third kappa shape index (κ3) is 128. The molecule has 0 saturated carbocycles. The zero-order valence-corrected chi connectivity index (χ0v) is 10.1. The van der Waals surface area contributed by atoms with Gasteiger partial charge in [-0.1, -0.05) is 19.2 Å². The summed E-state index contributed by atoms with van der Waals surface area (Å²) in [6, 6.07) is 0. The van der Waals surface area contributed by atoms with Gasteiger partial charge in [-0.05, 0) is 0 Å². The van der Waals surface area contributed by atoms with Crippen LogP contribution in [0.2, 0.25) is 0 Å². The smallest absolute Gasteiger partial charge is 1.00 e. The Balaban J connectivity index is -0.0000000321. The van der Waals surface area contributed by atoms with E-state index in [2.05, 4.69) is 17.9 Å². The quantitative estimate of drug-likeness (QED) is 0.174. The van der Waals surface area contributed by atoms with Gasteiger partial charge in [-0.25, -0.2) is 0 Å². The maximum Gasteiger partial charge on any atom is 1.00 e. The van der Waals surface area contributed by atoms with Crippen molar-refractivity contribution in [3.63, 3.8) is 0 Å². The fraction of sp³-hybridized carbons (Fsp3) is 0.200. The summed E-state index contributed by atoms with van der Waals surface area (Å²) in [7, 11) is -4.67. The van der Waals surface area contributed by atoms with Crippen molar-refractivity contribution in [2.24, 2.45) is 0 Å². The third-order valence-corrected chi connectivity index (χ3v) is 0.332. The molecule has 4 N–H and O–H groups in total. The second-order valence-corrected chi connectivity index (χ2v) is 2.13. The molecule has 0 spiro atoms. The normalized spacial score (nSPS) is 7.54. The molecule has 0 atom stereocenters. The van der Waals surface area contributed by atoms with Crippen molar-refractivity contribution >= 4 is 10.4 Å². The summed E-state index contributed by atoms with van der Waals surface area (Å²) in [5, 5.41) is 0. The second kappa shape index (κ2) is 14.6. The molecule has 0 unspecified atom stereocenters. The van der Waals surface area contributed by atoms with Crippen molar-refractivity contribution in [1.29, 1.82) is 0 Å². The van der Waals surface area contributed by atoms with Crippen LogP contribution in [0.4, 0.5) is 0 Å². The van der Waals surface area contributed by atoms with Crippen molar-refractivity contribution in [3.8, 4) is 0 Å². The zero-order chi connectivity index (χ0) is 9.33. The molecule has 76 valence electrons. The topological polar surface area (TPSA) is 115 Å². The van der Waals surface area contributed by atoms with Crippen molar-refractivity contribution < 1.29 is 58.7 Å². The number of rotatable bonds is 3. The van der Waals surface area contributed by atoms with E-state index in [1.807, 2.05) is 0 Å². The molecular formula is C5H13NaO6S. The van der Waals surface area contributed by atoms with Crippen LogP contribution in [0.1, 0.15) is 1.43 Å². The van der Waals surface area contributed by atoms with E-state index in [-0.39, 0.29) is 36.5 Å². The molecule has 0 aliphatic rings. The Labute approximate surface area is 101 Å². The summed E-state index contributed by atoms with van der Waals surface area (Å²) < 4.78 is 36.2. The van der Waals surface area contributed by atoms with Crippen molar-refractivity contribution in [1.82, 2.24) is 0 Å². The van der Waals surface area contributed by atoms with Crippen LogP contribution in [-0.4, -0.2) is 29.6 Å². The second-order valence-electron chi connectivity index (χ2n) is 1.24. The average Bonchev–Trinajstić information content (AvgIpc) is 1.79. The first-order valence-corrected chi connectivity index (χ1v) is 3.84. The molecule has 0 saturated heterocycles. The van der Waals surface area contributed by atoms with E-state index >= 15 is 0 Å². The summed E-state index contributed by atoms with van der Waals surface area (Å²) >= 11 is 0. The Morgan fingerprint density at radius 1 is 1.38 bits per heavy atom. The van der Waals surface area contributed by atoms with E-state index in [1.54, 1.807) is 6.08 Å². The van der Waals surface area contributed by atoms with Gasteiger partial charge in [0, 0.05) is 0 Å². The first-order valence-electron chi connectivity index (χ1n) is 2.45. The summed E-state index contributed by atoms with van der Waals surface area (Å²) in [6.45, 7) is 7.31. The maximum atomic E-state index is 8.74. The number of ether oxygens (including phenoxy) is 1. The first-order chi connectivity index (χ1) is 4.91. The van der Waals surface area contributed by atoms with Gasteiger partial charge in [0.25, 0.3) is 0 Å². The van der Waals surface area contributed by atoms with Crippen LogP contribution in [0.5, 0.6) is 0 Å². The monoisotopic (exact) mass is 224 g/mol. The van der Waals surface area contributed by atoms with E-state index in [0.717, 1.165) is 0 Å². The Hall–Kier alpha value is 0.110. The molecule has 0 aliphatic carbocycles. The summed E-state index contributed by atoms with van der Waals surface area (Å²) in [5.74, 6) is 0. The van der Waals surface area contributed by atoms with Crippen LogP contribution in [0.15, 0.2) is 25.5 Å². The van der Waals surface area contributed by atoms with Gasteiger partial charge in [-0.3, -0.25) is 9.11 Å². The molecule has 6 nitrogen and oxygen atoms in total. The largest absolute Gasteiger partial charge is 1.00 e. The van der Waals surface area contributed by atoms with Gasteiger partial charge < -0.3 is 11.6 Å². The molecule has 0 radical (unpaired) electrons. The Morgan fingerprint density at radius 2 is 1.69 bits per heavy atom. The van der Waals surface area contributed by atoms with Crippen LogP contribution in [0.25, 0.3) is 0 Å². The van der Waals surface area contributed by atoms with Crippen molar-refractivity contribution in [2.45, 2.75) is 0 Å². The fourth-order valence-corrected chi connectivity index (χ4v) is 0.136. The molecule has 0 rings (SSSR count). The summed E-state index contributed by atoms with van der Waals surface area (Å²) in [4.78, 5) is 0. The maximum absolute atomic E-state index is 8.74. The molecule has 0 aromatic rings. The summed E-state index contributed by atoms with van der Waals surface area (Å²) in [6.07, 6.45) is 3.06. The molecule has 0 aliphatic heterocycles. The first kappa shape index (κ1) is 23.2. The third-order valence-electron chi connectivity index (χ3n) is 0.332. The predicted octanol–water partition coefficient (Wildman–Crippen LogP) is -3.03. The van der Waals surface area contributed by atoms with Crippen LogP contribution in [0, 0.1) is 0 Å². The van der Waals surface area contributed by atoms with Gasteiger partial charge >= 0.3 is 40.0 Å². The van der Waals surface area contributed by atoms with Crippen molar-refractivity contribution in [3.05, 3.63) is 25.5 Å². The van der Waals surface area contributed by atoms with Gasteiger partial charge in [0.2, 0.25) is 0 Å². The van der Waals surface area contributed by atoms with E-state index in [0.29, 0.717) is 6.61 Å². The minimum absolute atomic E-state index is 0. The molecule has 0 aromatic carbocycles. The molecule has 8 heteroatoms. The molecular weight excluding hydrogens is 211 g/mol. The molecule has 0 heterocycles. The van der Waals surface area contributed by atoms with Gasteiger partial charge in [0.05, 0.1) is 6.26 Å². The van der Waals surface area contributed by atoms with Crippen molar-refractivity contribution in [2.75, 3.05) is 6.61 Å². The van der Waals surface area contributed by atoms with Crippen LogP contribution in [0.3, 0.4) is 0 Å². The minimum Gasteiger partial charge on any atom is -1.00 e. The van der Waals surface area contributed by atoms with Gasteiger partial charge in [0.15, 0.2) is 0 Å².